The number of benzene rings is 6. The summed E-state index contributed by atoms with van der Waals surface area (Å²) in [5.41, 5.74) is 10.3. The molecule has 8 nitrogen and oxygen atoms in total. The zero-order valence-corrected chi connectivity index (χ0v) is 40.7. The Morgan fingerprint density at radius 2 is 1.03 bits per heavy atom. The first-order valence-electron chi connectivity index (χ1n) is 25.5. The first-order chi connectivity index (χ1) is 34.5. The lowest BCUT2D eigenvalue weighted by Crippen LogP contribution is -2.30. The maximum Gasteiger partial charge on any atom is 0.213 e. The maximum absolute atomic E-state index is 14.8. The van der Waals surface area contributed by atoms with E-state index in [4.69, 9.17) is 10.2 Å². The van der Waals surface area contributed by atoms with Crippen LogP contribution in [0.25, 0.3) is 22.0 Å². The molecule has 2 aliphatic rings. The Balaban J connectivity index is 1.09. The van der Waals surface area contributed by atoms with Crippen LogP contribution in [-0.2, 0) is 11.3 Å². The SMILES string of the molecule is CCCCCCCCn1cc(C2=C([O-])/C(=C3\C=[N+](CCCCCCCC)c4ccc(/C=N/N(c5ccccc5)c5ccccc5)cc43)C2=O)c2cc(/C=N/N(c3ccccc3)c3ccccc3)ccc21. The van der Waals surface area contributed by atoms with Crippen molar-refractivity contribution in [2.24, 2.45) is 10.2 Å². The molecule has 0 saturated carbocycles. The predicted molar refractivity (Wildman–Crippen MR) is 290 cm³/mol. The van der Waals surface area contributed by atoms with Gasteiger partial charge in [-0.05, 0) is 96.8 Å². The van der Waals surface area contributed by atoms with E-state index in [0.29, 0.717) is 11.1 Å². The van der Waals surface area contributed by atoms with Crippen molar-refractivity contribution in [3.8, 4) is 0 Å². The summed E-state index contributed by atoms with van der Waals surface area (Å²) in [7, 11) is 0. The number of aryl methyl sites for hydroxylation is 1. The largest absolute Gasteiger partial charge is 0.871 e. The zero-order valence-electron chi connectivity index (χ0n) is 40.7. The third kappa shape index (κ3) is 10.8. The molecule has 0 bridgehead atoms. The second-order valence-corrected chi connectivity index (χ2v) is 18.4. The predicted octanol–water partition coefficient (Wildman–Crippen LogP) is 14.5. The van der Waals surface area contributed by atoms with Crippen LogP contribution in [0.2, 0.25) is 0 Å². The van der Waals surface area contributed by atoms with Crippen molar-refractivity contribution in [2.75, 3.05) is 16.6 Å². The molecule has 8 heteroatoms. The number of anilines is 4. The van der Waals surface area contributed by atoms with Crippen LogP contribution < -0.4 is 15.1 Å². The summed E-state index contributed by atoms with van der Waals surface area (Å²) in [5.74, 6) is -0.418. The molecule has 2 heterocycles. The first kappa shape index (κ1) is 47.5. The third-order valence-electron chi connectivity index (χ3n) is 13.4. The van der Waals surface area contributed by atoms with Gasteiger partial charge < -0.3 is 9.67 Å². The molecule has 0 N–H and O–H groups in total. The number of hydrogen-bond donors (Lipinski definition) is 0. The highest BCUT2D eigenvalue weighted by Crippen LogP contribution is 2.45. The van der Waals surface area contributed by atoms with E-state index in [0.717, 1.165) is 94.8 Å². The van der Waals surface area contributed by atoms with E-state index in [2.05, 4.69) is 59.4 Å². The molecule has 0 saturated heterocycles. The Labute approximate surface area is 413 Å². The van der Waals surface area contributed by atoms with Gasteiger partial charge >= 0.3 is 0 Å². The van der Waals surface area contributed by atoms with Crippen LogP contribution in [0.15, 0.2) is 185 Å². The van der Waals surface area contributed by atoms with E-state index < -0.39 is 0 Å². The van der Waals surface area contributed by atoms with Gasteiger partial charge in [0.1, 0.15) is 6.54 Å². The van der Waals surface area contributed by atoms with Crippen molar-refractivity contribution in [1.82, 2.24) is 4.57 Å². The van der Waals surface area contributed by atoms with Crippen molar-refractivity contribution in [3.05, 3.63) is 198 Å². The van der Waals surface area contributed by atoms with Crippen LogP contribution in [-0.4, -0.2) is 40.1 Å². The number of nitrogens with zero attached hydrogens (tertiary/aromatic N) is 6. The van der Waals surface area contributed by atoms with E-state index in [1.54, 1.807) is 0 Å². The summed E-state index contributed by atoms with van der Waals surface area (Å²) < 4.78 is 4.48. The van der Waals surface area contributed by atoms with Gasteiger partial charge in [-0.1, -0.05) is 156 Å². The number of carbonyl (C=O) groups excluding carboxylic acids is 1. The Morgan fingerprint density at radius 3 is 1.56 bits per heavy atom. The third-order valence-corrected chi connectivity index (χ3v) is 13.4. The van der Waals surface area contributed by atoms with Gasteiger partial charge in [0.2, 0.25) is 5.69 Å². The second kappa shape index (κ2) is 23.1. The van der Waals surface area contributed by atoms with Gasteiger partial charge in [-0.3, -0.25) is 4.79 Å². The van der Waals surface area contributed by atoms with E-state index in [1.807, 2.05) is 156 Å². The molecule has 0 atom stereocenters. The van der Waals surface area contributed by atoms with E-state index in [9.17, 15) is 9.90 Å². The van der Waals surface area contributed by atoms with E-state index in [-0.39, 0.29) is 22.7 Å². The summed E-state index contributed by atoms with van der Waals surface area (Å²) >= 11 is 0. The highest BCUT2D eigenvalue weighted by atomic mass is 16.3. The standard InChI is InChI=1S/C62H64N6O2/c1-3-5-7-9-11-25-39-65-45-55(53-41-47(35-37-57(53)65)43-63-67(49-27-17-13-18-28-49)50-29-19-14-20-30-50)59-61(69)60(62(59)70)56-46-66(40-26-12-10-8-6-4-2)58-38-36-48(42-54(56)58)44-64-68(51-31-21-15-22-32-51)52-33-23-16-24-34-52/h13-24,27-38,41-46H,3-12,25-26,39-40H2,1-2H3/b63-43+,64-44+. The summed E-state index contributed by atoms with van der Waals surface area (Å²) in [4.78, 5) is 14.8. The van der Waals surface area contributed by atoms with Crippen molar-refractivity contribution in [2.45, 2.75) is 97.4 Å². The van der Waals surface area contributed by atoms with Crippen molar-refractivity contribution in [3.63, 3.8) is 0 Å². The van der Waals surface area contributed by atoms with Gasteiger partial charge in [0.15, 0.2) is 12.0 Å². The lowest BCUT2D eigenvalue weighted by atomic mass is 9.79. The Morgan fingerprint density at radius 1 is 0.543 bits per heavy atom. The van der Waals surface area contributed by atoms with Crippen LogP contribution in [0.1, 0.15) is 113 Å². The molecule has 0 amide bonds. The number of hydrogen-bond acceptors (Lipinski definition) is 6. The first-order valence-corrected chi connectivity index (χ1v) is 25.5. The molecule has 0 spiro atoms. The highest BCUT2D eigenvalue weighted by molar-refractivity contribution is 6.45. The molecule has 1 aromatic heterocycles. The quantitative estimate of drug-likeness (QED) is 0.0210. The molecule has 354 valence electrons. The maximum atomic E-state index is 14.8. The summed E-state index contributed by atoms with van der Waals surface area (Å²) in [6.07, 6.45) is 21.9. The molecule has 1 aliphatic carbocycles. The van der Waals surface area contributed by atoms with E-state index >= 15 is 0 Å². The fourth-order valence-electron chi connectivity index (χ4n) is 9.66. The van der Waals surface area contributed by atoms with Gasteiger partial charge in [-0.25, -0.2) is 10.0 Å². The molecule has 70 heavy (non-hydrogen) atoms. The lowest BCUT2D eigenvalue weighted by molar-refractivity contribution is -0.432. The normalized spacial score (nSPS) is 14.5. The lowest BCUT2D eigenvalue weighted by Gasteiger charge is -2.31. The number of allylic oxidation sites excluding steroid dienone is 3. The number of unbranched alkanes of at least 4 members (excludes halogenated alkanes) is 10. The van der Waals surface area contributed by atoms with Gasteiger partial charge in [-0.15, -0.1) is 0 Å². The van der Waals surface area contributed by atoms with Gasteiger partial charge in [-0.2, -0.15) is 14.8 Å². The number of aromatic nitrogens is 1. The summed E-state index contributed by atoms with van der Waals surface area (Å²) in [6.45, 7) is 6.09. The second-order valence-electron chi connectivity index (χ2n) is 18.4. The fourth-order valence-corrected chi connectivity index (χ4v) is 9.66. The average Bonchev–Trinajstić information content (AvgIpc) is 3.93. The smallest absolute Gasteiger partial charge is 0.213 e. The molecule has 7 aromatic rings. The Hall–Kier alpha value is -7.58. The fraction of sp³-hybridized carbons (Fsp3) is 0.258. The minimum atomic E-state index is -0.209. The Kier molecular flexibility index (Phi) is 15.7. The number of ketones is 1. The topological polar surface area (TPSA) is 79.3 Å². The summed E-state index contributed by atoms with van der Waals surface area (Å²) in [5, 5.41) is 29.6. The molecular formula is C62H64N6O2. The van der Waals surface area contributed by atoms with Crippen LogP contribution in [0.4, 0.5) is 28.4 Å². The van der Waals surface area contributed by atoms with Crippen LogP contribution in [0.5, 0.6) is 0 Å². The highest BCUT2D eigenvalue weighted by Gasteiger charge is 2.38. The van der Waals surface area contributed by atoms with E-state index in [1.165, 1.54) is 51.4 Å². The molecule has 0 unspecified atom stereocenters. The van der Waals surface area contributed by atoms with Gasteiger partial charge in [0, 0.05) is 52.8 Å². The van der Waals surface area contributed by atoms with Crippen molar-refractivity contribution >= 4 is 74.9 Å². The molecule has 0 fully saturated rings. The minimum Gasteiger partial charge on any atom is -0.871 e. The van der Waals surface area contributed by atoms with Crippen LogP contribution >= 0.6 is 0 Å². The summed E-state index contributed by atoms with van der Waals surface area (Å²) in [6, 6.07) is 52.9. The van der Waals surface area contributed by atoms with Gasteiger partial charge in [0.05, 0.1) is 46.3 Å². The molecule has 1 aliphatic heterocycles. The van der Waals surface area contributed by atoms with Crippen molar-refractivity contribution < 1.29 is 14.5 Å². The number of rotatable bonds is 23. The molecule has 0 radical (unpaired) electrons. The molecular weight excluding hydrogens is 861 g/mol. The molecule has 6 aromatic carbocycles. The van der Waals surface area contributed by atoms with Crippen LogP contribution in [0, 0.1) is 0 Å². The number of para-hydroxylation sites is 4. The number of hydrazone groups is 2. The number of Topliss-reactive ketones (excluding diaryl/α,β-unsaturated/α-hetero) is 1. The van der Waals surface area contributed by atoms with Crippen LogP contribution in [0.3, 0.4) is 0 Å². The molecule has 9 rings (SSSR count). The Bertz CT molecular complexity index is 2960. The number of fused-ring (bicyclic) bond motifs is 2. The zero-order chi connectivity index (χ0) is 48.1. The van der Waals surface area contributed by atoms with Crippen molar-refractivity contribution in [1.29, 1.82) is 0 Å². The monoisotopic (exact) mass is 925 g/mol. The number of carbonyl (C=O) groups is 1. The van der Waals surface area contributed by atoms with Gasteiger partial charge in [0.25, 0.3) is 0 Å². The average molecular weight is 925 g/mol. The minimum absolute atomic E-state index is 0.209.